The van der Waals surface area contributed by atoms with E-state index in [1.54, 1.807) is 12.4 Å². The number of hydrogen-bond donors (Lipinski definition) is 0. The standard InChI is InChI=1S/2C32H34N/c1-21-7-4-5-10-30(21)32-19-31(22(2)20-33(32)3)28-14-13-25-15-27(12-11-26(25)16-28)29-17-23-8-6-9-24(23)18-29;1-21-6-4-5-7-29(21)32-19-30(22(2)20-33(32)3)27-14-12-26-18-28(15-13-25(26)17-27)31-16-23-8-10-24(31)11-9-23/h4-5,7,10-16,19-20,23-24,29H,6,8-9,17-18H2,1-3H3;4-7,12-15,17-20,23-24,31H,8-11,16H2,1-3H3/q2*+1/i2D3,29D;2D3,31D. The molecule has 0 aliphatic heterocycles. The van der Waals surface area contributed by atoms with Gasteiger partial charge in [0.25, 0.3) is 0 Å². The van der Waals surface area contributed by atoms with Gasteiger partial charge in [-0.25, -0.2) is 9.13 Å². The van der Waals surface area contributed by atoms with E-state index in [9.17, 15) is 2.74 Å². The number of nitrogens with zero attached hydrogens (tertiary/aromatic N) is 2. The fourth-order valence-corrected chi connectivity index (χ4v) is 12.4. The smallest absolute Gasteiger partial charge is 0.201 e. The zero-order valence-electron chi connectivity index (χ0n) is 47.1. The van der Waals surface area contributed by atoms with E-state index in [4.69, 9.17) is 8.22 Å². The number of hydrogen-bond acceptors (Lipinski definition) is 0. The van der Waals surface area contributed by atoms with Crippen molar-refractivity contribution < 1.29 is 20.1 Å². The molecule has 332 valence electrons. The second kappa shape index (κ2) is 17.7. The van der Waals surface area contributed by atoms with Gasteiger partial charge in [0.15, 0.2) is 12.4 Å². The Kier molecular flexibility index (Phi) is 9.26. The molecule has 13 rings (SSSR count). The predicted octanol–water partition coefficient (Wildman–Crippen LogP) is 15.8. The van der Waals surface area contributed by atoms with Gasteiger partial charge in [-0.15, -0.1) is 0 Å². The summed E-state index contributed by atoms with van der Waals surface area (Å²) in [6.45, 7) is -0.295. The van der Waals surface area contributed by atoms with Crippen molar-refractivity contribution in [1.82, 2.24) is 0 Å². The van der Waals surface area contributed by atoms with Gasteiger partial charge in [-0.3, -0.25) is 0 Å². The number of benzene rings is 6. The summed E-state index contributed by atoms with van der Waals surface area (Å²) < 4.78 is 71.9. The molecule has 5 aliphatic rings. The van der Waals surface area contributed by atoms with Crippen LogP contribution in [0.3, 0.4) is 0 Å². The number of aromatic nitrogens is 2. The molecule has 2 nitrogen and oxygen atoms in total. The maximum Gasteiger partial charge on any atom is 0.213 e. The van der Waals surface area contributed by atoms with Crippen molar-refractivity contribution in [3.05, 3.63) is 179 Å². The molecule has 5 aliphatic carbocycles. The molecule has 6 aromatic carbocycles. The fraction of sp³-hybridized carbons (Fsp3) is 0.344. The van der Waals surface area contributed by atoms with Gasteiger partial charge in [0, 0.05) is 45.4 Å². The van der Waals surface area contributed by atoms with E-state index in [0.717, 1.165) is 120 Å². The van der Waals surface area contributed by atoms with Crippen LogP contribution in [0.25, 0.3) is 66.3 Å². The summed E-state index contributed by atoms with van der Waals surface area (Å²) in [5.74, 6) is 1.64. The van der Waals surface area contributed by atoms with Gasteiger partial charge in [0.2, 0.25) is 11.4 Å². The minimum Gasteiger partial charge on any atom is -0.201 e. The quantitative estimate of drug-likeness (QED) is 0.147. The van der Waals surface area contributed by atoms with E-state index in [1.807, 2.05) is 71.8 Å². The van der Waals surface area contributed by atoms with Crippen LogP contribution >= 0.6 is 0 Å². The molecule has 5 saturated carbocycles. The van der Waals surface area contributed by atoms with E-state index in [1.165, 1.54) is 44.9 Å². The summed E-state index contributed by atoms with van der Waals surface area (Å²) in [5, 5.41) is 4.38. The van der Waals surface area contributed by atoms with Crippen molar-refractivity contribution >= 4 is 21.5 Å². The first-order chi connectivity index (χ1) is 35.3. The molecule has 2 bridgehead atoms. The van der Waals surface area contributed by atoms with Gasteiger partial charge in [-0.2, -0.15) is 0 Å². The third-order valence-electron chi connectivity index (χ3n) is 16.2. The van der Waals surface area contributed by atoms with Crippen molar-refractivity contribution in [2.24, 2.45) is 37.8 Å². The Balaban J connectivity index is 0.000000159. The van der Waals surface area contributed by atoms with Crippen LogP contribution in [0, 0.1) is 51.2 Å². The van der Waals surface area contributed by atoms with E-state index < -0.39 is 25.5 Å². The zero-order valence-corrected chi connectivity index (χ0v) is 39.1. The number of aryl methyl sites for hydroxylation is 6. The van der Waals surface area contributed by atoms with Crippen molar-refractivity contribution in [3.63, 3.8) is 0 Å². The highest BCUT2D eigenvalue weighted by atomic mass is 14.9. The van der Waals surface area contributed by atoms with Crippen LogP contribution in [0.4, 0.5) is 0 Å². The molecular weight excluding hydrogens is 797 g/mol. The molecule has 0 spiro atoms. The van der Waals surface area contributed by atoms with Crippen LogP contribution in [0.15, 0.2) is 146 Å². The topological polar surface area (TPSA) is 7.76 Å². The van der Waals surface area contributed by atoms with Gasteiger partial charge in [0.1, 0.15) is 14.1 Å². The van der Waals surface area contributed by atoms with Crippen molar-refractivity contribution in [1.29, 1.82) is 0 Å². The Morgan fingerprint density at radius 2 is 0.939 bits per heavy atom. The molecule has 2 aromatic heterocycles. The van der Waals surface area contributed by atoms with Gasteiger partial charge >= 0.3 is 0 Å². The largest absolute Gasteiger partial charge is 0.213 e. The van der Waals surface area contributed by atoms with Crippen LogP contribution in [-0.4, -0.2) is 0 Å². The van der Waals surface area contributed by atoms with Gasteiger partial charge in [-0.1, -0.05) is 129 Å². The molecule has 66 heavy (non-hydrogen) atoms. The number of rotatable bonds is 6. The minimum absolute atomic E-state index is 0.353. The average Bonchev–Trinajstić information content (AvgIpc) is 3.96. The first-order valence-corrected chi connectivity index (χ1v) is 24.6. The zero-order chi connectivity index (χ0) is 51.9. The SMILES string of the molecule is [2H]C([2H])([2H])c1c[n+](C)c(-c2ccccc2C)cc1-c1ccc2cc(C3([2H])CC4CCC3CC4)ccc2c1.[2H]C([2H])([2H])c1c[n+](C)c(-c2ccccc2C)cc1-c1ccc2cc(C3([2H])CC4CCCC4C3)ccc2c1. The lowest BCUT2D eigenvalue weighted by Crippen LogP contribution is -2.31. The molecule has 8 aromatic rings. The molecule has 3 unspecified atom stereocenters. The highest BCUT2D eigenvalue weighted by Gasteiger charge is 2.38. The molecule has 3 atom stereocenters. The normalized spacial score (nSPS) is 26.5. The number of pyridine rings is 2. The van der Waals surface area contributed by atoms with Gasteiger partial charge in [-0.05, 0) is 185 Å². The Morgan fingerprint density at radius 3 is 1.44 bits per heavy atom. The van der Waals surface area contributed by atoms with E-state index >= 15 is 0 Å². The van der Waals surface area contributed by atoms with Crippen molar-refractivity contribution in [2.45, 2.75) is 104 Å². The highest BCUT2D eigenvalue weighted by molar-refractivity contribution is 5.90. The second-order valence-electron chi connectivity index (χ2n) is 20.3. The van der Waals surface area contributed by atoms with E-state index in [-0.39, 0.29) is 0 Å². The van der Waals surface area contributed by atoms with E-state index in [0.29, 0.717) is 23.0 Å². The van der Waals surface area contributed by atoms with Crippen LogP contribution in [0.5, 0.6) is 0 Å². The molecule has 0 N–H and O–H groups in total. The summed E-state index contributed by atoms with van der Waals surface area (Å²) in [4.78, 5) is 0. The second-order valence-corrected chi connectivity index (χ2v) is 20.3. The molecule has 0 radical (unpaired) electrons. The third-order valence-corrected chi connectivity index (χ3v) is 16.2. The lowest BCUT2D eigenvalue weighted by molar-refractivity contribution is -0.660. The van der Waals surface area contributed by atoms with Crippen LogP contribution < -0.4 is 9.13 Å². The summed E-state index contributed by atoms with van der Waals surface area (Å²) in [5.41, 5.74) is 12.7. The maximum absolute atomic E-state index is 9.38. The van der Waals surface area contributed by atoms with Gasteiger partial charge < -0.3 is 0 Å². The van der Waals surface area contributed by atoms with Crippen molar-refractivity contribution in [2.75, 3.05) is 0 Å². The molecule has 2 heterocycles. The number of fused-ring (bicyclic) bond motifs is 6. The molecule has 5 fully saturated rings. The summed E-state index contributed by atoms with van der Waals surface area (Å²) in [6.07, 6.45) is 15.3. The molecular formula is C64H68N2+2. The summed E-state index contributed by atoms with van der Waals surface area (Å²) in [6, 6.07) is 45.9. The first-order valence-electron chi connectivity index (χ1n) is 28.6. The average molecular weight is 873 g/mol. The van der Waals surface area contributed by atoms with Gasteiger partial charge in [0.05, 0.1) is 0 Å². The Morgan fingerprint density at radius 1 is 0.455 bits per heavy atom. The lowest BCUT2D eigenvalue weighted by Gasteiger charge is -2.42. The summed E-state index contributed by atoms with van der Waals surface area (Å²) >= 11 is 0. The first kappa shape index (κ1) is 34.4. The van der Waals surface area contributed by atoms with Crippen LogP contribution in [0.1, 0.15) is 120 Å². The molecule has 2 heteroatoms. The summed E-state index contributed by atoms with van der Waals surface area (Å²) in [7, 11) is 3.83. The third kappa shape index (κ3) is 8.20. The highest BCUT2D eigenvalue weighted by Crippen LogP contribution is 2.51. The Bertz CT molecular complexity index is 3440. The van der Waals surface area contributed by atoms with Crippen LogP contribution in [0.2, 0.25) is 0 Å². The van der Waals surface area contributed by atoms with E-state index in [2.05, 4.69) is 98.8 Å². The molecule has 0 saturated heterocycles. The molecule has 0 amide bonds. The lowest BCUT2D eigenvalue weighted by atomic mass is 9.63. The predicted molar refractivity (Wildman–Crippen MR) is 277 cm³/mol. The van der Waals surface area contributed by atoms with Crippen molar-refractivity contribution in [3.8, 4) is 44.8 Å². The minimum atomic E-state index is -2.23. The fourth-order valence-electron chi connectivity index (χ4n) is 12.4. The van der Waals surface area contributed by atoms with Crippen LogP contribution in [-0.2, 0) is 14.1 Å². The Labute approximate surface area is 405 Å². The maximum atomic E-state index is 9.38. The monoisotopic (exact) mass is 873 g/mol. The Hall–Kier alpha value is -5.86.